The molecule has 0 unspecified atom stereocenters. The van der Waals surface area contributed by atoms with Crippen molar-refractivity contribution in [3.63, 3.8) is 0 Å². The third kappa shape index (κ3) is 5.34. The molecule has 35 heavy (non-hydrogen) atoms. The largest absolute Gasteiger partial charge is 0.261 e. The summed E-state index contributed by atoms with van der Waals surface area (Å²) in [6, 6.07) is 46.3. The highest BCUT2D eigenvalue weighted by Gasteiger charge is 2.09. The van der Waals surface area contributed by atoms with Gasteiger partial charge in [0, 0.05) is 5.56 Å². The van der Waals surface area contributed by atoms with E-state index < -0.39 is 0 Å². The number of amidine groups is 1. The number of hydrogen-bond acceptors (Lipinski definition) is 1. The maximum Gasteiger partial charge on any atom is 0.154 e. The molecule has 0 amide bonds. The van der Waals surface area contributed by atoms with Crippen molar-refractivity contribution in [3.05, 3.63) is 145 Å². The number of nitrogens with zero attached hydrogens (tertiary/aromatic N) is 2. The average molecular weight is 451 g/mol. The predicted octanol–water partition coefficient (Wildman–Crippen LogP) is 8.34. The van der Waals surface area contributed by atoms with E-state index >= 15 is 0 Å². The molecule has 0 aromatic heterocycles. The van der Waals surface area contributed by atoms with Crippen molar-refractivity contribution in [1.29, 1.82) is 0 Å². The Labute approximate surface area is 207 Å². The van der Waals surface area contributed by atoms with Crippen molar-refractivity contribution in [3.8, 4) is 33.4 Å². The second kappa shape index (κ2) is 10.6. The average Bonchev–Trinajstić information content (AvgIpc) is 2.95. The van der Waals surface area contributed by atoms with E-state index in [2.05, 4.69) is 127 Å². The van der Waals surface area contributed by atoms with Gasteiger partial charge in [0.2, 0.25) is 0 Å². The Morgan fingerprint density at radius 3 is 1.37 bits per heavy atom. The highest BCUT2D eigenvalue weighted by atomic mass is 14.9. The lowest BCUT2D eigenvalue weighted by atomic mass is 9.95. The fourth-order valence-electron chi connectivity index (χ4n) is 4.18. The van der Waals surface area contributed by atoms with Crippen LogP contribution in [0.4, 0.5) is 0 Å². The normalized spacial score (nSPS) is 11.3. The third-order valence-corrected chi connectivity index (χ3v) is 6.03. The standard InChI is InChI=1S/C33H26N2/c1-34-33(35-24-25-17-19-29(20-18-25)26-11-5-2-6-12-26)32-22-30(27-13-7-3-8-14-27)21-31(23-32)28-15-9-4-10-16-28/h2-23H,1,24H2/b35-33-. The van der Waals surface area contributed by atoms with E-state index in [9.17, 15) is 0 Å². The van der Waals surface area contributed by atoms with E-state index in [-0.39, 0.29) is 0 Å². The molecule has 5 rings (SSSR count). The summed E-state index contributed by atoms with van der Waals surface area (Å²) in [7, 11) is 0. The van der Waals surface area contributed by atoms with Crippen molar-refractivity contribution in [1.82, 2.24) is 0 Å². The Balaban J connectivity index is 1.47. The zero-order chi connectivity index (χ0) is 23.9. The molecule has 0 saturated carbocycles. The molecule has 0 aliphatic rings. The van der Waals surface area contributed by atoms with Crippen molar-refractivity contribution >= 4 is 12.6 Å². The maximum absolute atomic E-state index is 4.84. The van der Waals surface area contributed by atoms with Crippen LogP contribution in [0.3, 0.4) is 0 Å². The molecule has 5 aromatic rings. The second-order valence-electron chi connectivity index (χ2n) is 8.39. The van der Waals surface area contributed by atoms with Crippen molar-refractivity contribution < 1.29 is 0 Å². The molecule has 0 bridgehead atoms. The highest BCUT2D eigenvalue weighted by molar-refractivity contribution is 6.03. The molecule has 0 spiro atoms. The summed E-state index contributed by atoms with van der Waals surface area (Å²) < 4.78 is 0. The Hall–Kier alpha value is -4.56. The van der Waals surface area contributed by atoms with E-state index in [1.165, 1.54) is 11.1 Å². The zero-order valence-corrected chi connectivity index (χ0v) is 19.5. The molecule has 2 heteroatoms. The van der Waals surface area contributed by atoms with Crippen LogP contribution in [0.25, 0.3) is 33.4 Å². The first-order chi connectivity index (χ1) is 17.3. The van der Waals surface area contributed by atoms with Crippen LogP contribution in [0.5, 0.6) is 0 Å². The molecular formula is C33H26N2. The first-order valence-electron chi connectivity index (χ1n) is 11.7. The van der Waals surface area contributed by atoms with Crippen LogP contribution >= 0.6 is 0 Å². The number of aliphatic imine (C=N–C) groups is 2. The third-order valence-electron chi connectivity index (χ3n) is 6.03. The minimum absolute atomic E-state index is 0.541. The predicted molar refractivity (Wildman–Crippen MR) is 149 cm³/mol. The lowest BCUT2D eigenvalue weighted by Crippen LogP contribution is -1.99. The summed E-state index contributed by atoms with van der Waals surface area (Å²) in [6.07, 6.45) is 0. The fourth-order valence-corrected chi connectivity index (χ4v) is 4.18. The van der Waals surface area contributed by atoms with Crippen LogP contribution in [0.2, 0.25) is 0 Å². The smallest absolute Gasteiger partial charge is 0.154 e. The van der Waals surface area contributed by atoms with Gasteiger partial charge in [0.1, 0.15) is 0 Å². The van der Waals surface area contributed by atoms with Gasteiger partial charge in [0.25, 0.3) is 0 Å². The van der Waals surface area contributed by atoms with Crippen molar-refractivity contribution in [2.75, 3.05) is 0 Å². The van der Waals surface area contributed by atoms with Gasteiger partial charge in [-0.25, -0.2) is 4.99 Å². The van der Waals surface area contributed by atoms with Gasteiger partial charge in [-0.05, 0) is 63.9 Å². The van der Waals surface area contributed by atoms with E-state index in [4.69, 9.17) is 4.99 Å². The molecule has 0 heterocycles. The van der Waals surface area contributed by atoms with Gasteiger partial charge in [0.05, 0.1) is 6.54 Å². The molecule has 0 aliphatic carbocycles. The van der Waals surface area contributed by atoms with E-state index in [1.54, 1.807) is 0 Å². The fraction of sp³-hybridized carbons (Fsp3) is 0.0303. The van der Waals surface area contributed by atoms with E-state index in [0.29, 0.717) is 12.4 Å². The lowest BCUT2D eigenvalue weighted by molar-refractivity contribution is 1.06. The summed E-state index contributed by atoms with van der Waals surface area (Å²) in [6.45, 7) is 4.37. The summed E-state index contributed by atoms with van der Waals surface area (Å²) >= 11 is 0. The Morgan fingerprint density at radius 1 is 0.486 bits per heavy atom. The van der Waals surface area contributed by atoms with Crippen LogP contribution in [0.15, 0.2) is 143 Å². The lowest BCUT2D eigenvalue weighted by Gasteiger charge is -2.11. The van der Waals surface area contributed by atoms with Crippen LogP contribution in [0.1, 0.15) is 11.1 Å². The number of benzene rings is 5. The van der Waals surface area contributed by atoms with E-state index in [1.807, 2.05) is 18.2 Å². The Kier molecular flexibility index (Phi) is 6.72. The molecular weight excluding hydrogens is 424 g/mol. The van der Waals surface area contributed by atoms with Gasteiger partial charge in [-0.3, -0.25) is 4.99 Å². The molecule has 5 aromatic carbocycles. The number of rotatable bonds is 6. The molecule has 168 valence electrons. The molecule has 0 fully saturated rings. The van der Waals surface area contributed by atoms with Crippen LogP contribution in [-0.2, 0) is 6.54 Å². The van der Waals surface area contributed by atoms with Gasteiger partial charge in [-0.1, -0.05) is 115 Å². The molecule has 0 saturated heterocycles. The summed E-state index contributed by atoms with van der Waals surface area (Å²) in [5.74, 6) is 0.645. The molecule has 0 N–H and O–H groups in total. The zero-order valence-electron chi connectivity index (χ0n) is 19.5. The van der Waals surface area contributed by atoms with E-state index in [0.717, 1.165) is 33.4 Å². The summed E-state index contributed by atoms with van der Waals surface area (Å²) in [4.78, 5) is 9.15. The Morgan fingerprint density at radius 2 is 0.914 bits per heavy atom. The monoisotopic (exact) mass is 450 g/mol. The van der Waals surface area contributed by atoms with Gasteiger partial charge in [-0.2, -0.15) is 0 Å². The Bertz CT molecular complexity index is 1380. The van der Waals surface area contributed by atoms with Crippen molar-refractivity contribution in [2.24, 2.45) is 9.98 Å². The summed E-state index contributed by atoms with van der Waals surface area (Å²) in [5.41, 5.74) is 9.08. The highest BCUT2D eigenvalue weighted by Crippen LogP contribution is 2.29. The van der Waals surface area contributed by atoms with Crippen LogP contribution in [-0.4, -0.2) is 12.6 Å². The quantitative estimate of drug-likeness (QED) is 0.183. The molecule has 0 aliphatic heterocycles. The molecule has 0 radical (unpaired) electrons. The van der Waals surface area contributed by atoms with Gasteiger partial charge >= 0.3 is 0 Å². The minimum atomic E-state index is 0.541. The van der Waals surface area contributed by atoms with Crippen molar-refractivity contribution in [2.45, 2.75) is 6.54 Å². The van der Waals surface area contributed by atoms with Crippen LogP contribution in [0, 0.1) is 0 Å². The maximum atomic E-state index is 4.84. The summed E-state index contributed by atoms with van der Waals surface area (Å²) in [5, 5.41) is 0. The topological polar surface area (TPSA) is 24.7 Å². The first-order valence-corrected chi connectivity index (χ1v) is 11.7. The minimum Gasteiger partial charge on any atom is -0.261 e. The van der Waals surface area contributed by atoms with Gasteiger partial charge in [-0.15, -0.1) is 0 Å². The van der Waals surface area contributed by atoms with Crippen LogP contribution < -0.4 is 0 Å². The molecule has 0 atom stereocenters. The second-order valence-corrected chi connectivity index (χ2v) is 8.39. The van der Waals surface area contributed by atoms with Gasteiger partial charge < -0.3 is 0 Å². The first kappa shape index (κ1) is 22.2. The van der Waals surface area contributed by atoms with Gasteiger partial charge in [0.15, 0.2) is 5.84 Å². The molecule has 2 nitrogen and oxygen atoms in total. The number of hydrogen-bond donors (Lipinski definition) is 0. The SMILES string of the molecule is C=N/C(=N\Cc1ccc(-c2ccccc2)cc1)c1cc(-c2ccccc2)cc(-c2ccccc2)c1.